The minimum atomic E-state index is -3.53. The van der Waals surface area contributed by atoms with Crippen molar-refractivity contribution in [3.8, 4) is 0 Å². The van der Waals surface area contributed by atoms with Crippen LogP contribution in [-0.4, -0.2) is 18.6 Å². The van der Waals surface area contributed by atoms with E-state index in [-0.39, 0.29) is 5.75 Å². The topological polar surface area (TPSA) is 85.1 Å². The molecule has 0 aromatic carbocycles. The lowest BCUT2D eigenvalue weighted by Gasteiger charge is -2.07. The second kappa shape index (κ2) is 5.07. The Hall–Kier alpha value is -1.41. The summed E-state index contributed by atoms with van der Waals surface area (Å²) < 4.78 is 31.6. The number of rotatable bonds is 4. The molecule has 6 nitrogen and oxygen atoms in total. The third kappa shape index (κ3) is 3.30. The molecule has 2 heterocycles. The van der Waals surface area contributed by atoms with E-state index in [0.717, 1.165) is 0 Å². The Morgan fingerprint density at radius 1 is 1.50 bits per heavy atom. The van der Waals surface area contributed by atoms with Crippen LogP contribution in [-0.2, 0) is 15.8 Å². The van der Waals surface area contributed by atoms with Crippen molar-refractivity contribution >= 4 is 31.6 Å². The normalized spacial score (nSPS) is 11.4. The molecule has 1 N–H and O–H groups in total. The predicted octanol–water partition coefficient (Wildman–Crippen LogP) is 2.08. The summed E-state index contributed by atoms with van der Waals surface area (Å²) in [4.78, 5) is 3.85. The van der Waals surface area contributed by atoms with E-state index in [4.69, 9.17) is 4.52 Å². The summed E-state index contributed by atoms with van der Waals surface area (Å²) in [5, 5.41) is 3.65. The summed E-state index contributed by atoms with van der Waals surface area (Å²) in [6.07, 6.45) is 3.01. The number of sulfonamides is 1. The summed E-state index contributed by atoms with van der Waals surface area (Å²) in [6, 6.07) is 3.15. The van der Waals surface area contributed by atoms with Gasteiger partial charge in [-0.15, -0.1) is 0 Å². The van der Waals surface area contributed by atoms with Gasteiger partial charge in [0.15, 0.2) is 0 Å². The van der Waals surface area contributed by atoms with Crippen LogP contribution < -0.4 is 4.72 Å². The second-order valence-corrected chi connectivity index (χ2v) is 6.22. The average molecular weight is 332 g/mol. The van der Waals surface area contributed by atoms with E-state index in [1.807, 2.05) is 0 Å². The van der Waals surface area contributed by atoms with Gasteiger partial charge in [-0.25, -0.2) is 8.42 Å². The molecule has 2 aromatic rings. The number of aromatic nitrogens is 2. The minimum Gasteiger partial charge on any atom is -0.361 e. The maximum Gasteiger partial charge on any atom is 0.238 e. The van der Waals surface area contributed by atoms with E-state index in [2.05, 4.69) is 30.8 Å². The molecule has 0 radical (unpaired) electrons. The van der Waals surface area contributed by atoms with E-state index >= 15 is 0 Å². The highest BCUT2D eigenvalue weighted by atomic mass is 79.9. The first-order valence-electron chi connectivity index (χ1n) is 4.98. The standard InChI is InChI=1S/C10H10BrN3O3S/c1-7-4-8(13-17-7)6-18(15,16)14-10-2-3-12-5-9(10)11/h2-5H,6H2,1H3,(H,12,14). The van der Waals surface area contributed by atoms with Gasteiger partial charge in [0, 0.05) is 18.5 Å². The molecule has 0 spiro atoms. The molecule has 0 saturated heterocycles. The fourth-order valence-electron chi connectivity index (χ4n) is 1.34. The number of pyridine rings is 1. The molecule has 8 heteroatoms. The number of nitrogens with zero attached hydrogens (tertiary/aromatic N) is 2. The van der Waals surface area contributed by atoms with Gasteiger partial charge >= 0.3 is 0 Å². The first-order valence-corrected chi connectivity index (χ1v) is 7.43. The Morgan fingerprint density at radius 3 is 2.89 bits per heavy atom. The molecule has 0 amide bonds. The van der Waals surface area contributed by atoms with Gasteiger partial charge in [-0.05, 0) is 28.9 Å². The Balaban J connectivity index is 2.15. The number of hydrogen-bond acceptors (Lipinski definition) is 5. The van der Waals surface area contributed by atoms with Gasteiger partial charge in [-0.3, -0.25) is 9.71 Å². The summed E-state index contributed by atoms with van der Waals surface area (Å²) in [7, 11) is -3.53. The van der Waals surface area contributed by atoms with Crippen molar-refractivity contribution in [1.82, 2.24) is 10.1 Å². The third-order valence-electron chi connectivity index (χ3n) is 2.05. The fourth-order valence-corrected chi connectivity index (χ4v) is 2.93. The van der Waals surface area contributed by atoms with E-state index in [1.165, 1.54) is 12.4 Å². The van der Waals surface area contributed by atoms with E-state index in [0.29, 0.717) is 21.6 Å². The first-order chi connectivity index (χ1) is 8.46. The van der Waals surface area contributed by atoms with Gasteiger partial charge in [-0.1, -0.05) is 5.16 Å². The zero-order valence-corrected chi connectivity index (χ0v) is 11.8. The van der Waals surface area contributed by atoms with Gasteiger partial charge in [0.25, 0.3) is 0 Å². The summed E-state index contributed by atoms with van der Waals surface area (Å²) in [5.74, 6) is 0.337. The van der Waals surface area contributed by atoms with Crippen LogP contribution in [0.4, 0.5) is 5.69 Å². The van der Waals surface area contributed by atoms with Gasteiger partial charge in [0.2, 0.25) is 10.0 Å². The highest BCUT2D eigenvalue weighted by Crippen LogP contribution is 2.22. The van der Waals surface area contributed by atoms with Crippen molar-refractivity contribution in [3.05, 3.63) is 40.5 Å². The number of nitrogens with one attached hydrogen (secondary N) is 1. The fraction of sp³-hybridized carbons (Fsp3) is 0.200. The lowest BCUT2D eigenvalue weighted by molar-refractivity contribution is 0.392. The lowest BCUT2D eigenvalue weighted by Crippen LogP contribution is -2.15. The number of halogens is 1. The van der Waals surface area contributed by atoms with Crippen molar-refractivity contribution in [2.45, 2.75) is 12.7 Å². The molecule has 0 bridgehead atoms. The summed E-state index contributed by atoms with van der Waals surface area (Å²) in [6.45, 7) is 1.70. The Kier molecular flexibility index (Phi) is 3.67. The lowest BCUT2D eigenvalue weighted by atomic mass is 10.4. The van der Waals surface area contributed by atoms with Crippen molar-refractivity contribution in [3.63, 3.8) is 0 Å². The van der Waals surface area contributed by atoms with Crippen LogP contribution in [0.2, 0.25) is 0 Å². The molecule has 96 valence electrons. The van der Waals surface area contributed by atoms with E-state index in [9.17, 15) is 8.42 Å². The van der Waals surface area contributed by atoms with Gasteiger partial charge in [0.1, 0.15) is 17.2 Å². The Bertz CT molecular complexity index is 654. The summed E-state index contributed by atoms with van der Waals surface area (Å²) >= 11 is 3.21. The molecule has 0 atom stereocenters. The molecule has 0 aliphatic carbocycles. The van der Waals surface area contributed by atoms with Gasteiger partial charge in [0.05, 0.1) is 10.2 Å². The first kappa shape index (κ1) is 13.0. The van der Waals surface area contributed by atoms with Crippen molar-refractivity contribution < 1.29 is 12.9 Å². The zero-order valence-electron chi connectivity index (χ0n) is 9.42. The molecule has 0 aliphatic heterocycles. The Morgan fingerprint density at radius 2 is 2.28 bits per heavy atom. The highest BCUT2D eigenvalue weighted by Gasteiger charge is 2.15. The largest absolute Gasteiger partial charge is 0.361 e. The third-order valence-corrected chi connectivity index (χ3v) is 3.89. The smallest absolute Gasteiger partial charge is 0.238 e. The van der Waals surface area contributed by atoms with Crippen LogP contribution in [0.3, 0.4) is 0 Å². The molecule has 0 unspecified atom stereocenters. The SMILES string of the molecule is Cc1cc(CS(=O)(=O)Nc2ccncc2Br)no1. The summed E-state index contributed by atoms with van der Waals surface area (Å²) in [5.41, 5.74) is 0.801. The molecule has 0 fully saturated rings. The van der Waals surface area contributed by atoms with Crippen LogP contribution in [0.15, 0.2) is 33.5 Å². The van der Waals surface area contributed by atoms with E-state index < -0.39 is 10.0 Å². The van der Waals surface area contributed by atoms with Gasteiger partial charge < -0.3 is 4.52 Å². The molecular formula is C10H10BrN3O3S. The number of anilines is 1. The van der Waals surface area contributed by atoms with Crippen LogP contribution in [0, 0.1) is 6.92 Å². The molecule has 18 heavy (non-hydrogen) atoms. The van der Waals surface area contributed by atoms with Crippen LogP contribution in [0.25, 0.3) is 0 Å². The van der Waals surface area contributed by atoms with Crippen molar-refractivity contribution in [2.75, 3.05) is 4.72 Å². The second-order valence-electron chi connectivity index (χ2n) is 3.65. The van der Waals surface area contributed by atoms with Crippen molar-refractivity contribution in [2.24, 2.45) is 0 Å². The Labute approximate surface area is 113 Å². The van der Waals surface area contributed by atoms with E-state index in [1.54, 1.807) is 19.1 Å². The van der Waals surface area contributed by atoms with Crippen LogP contribution in [0.1, 0.15) is 11.5 Å². The molecule has 2 rings (SSSR count). The average Bonchev–Trinajstić information content (AvgIpc) is 2.66. The van der Waals surface area contributed by atoms with Crippen LogP contribution >= 0.6 is 15.9 Å². The minimum absolute atomic E-state index is 0.237. The van der Waals surface area contributed by atoms with Crippen molar-refractivity contribution in [1.29, 1.82) is 0 Å². The maximum absolute atomic E-state index is 11.9. The quantitative estimate of drug-likeness (QED) is 0.927. The van der Waals surface area contributed by atoms with Crippen LogP contribution in [0.5, 0.6) is 0 Å². The molecular weight excluding hydrogens is 322 g/mol. The maximum atomic E-state index is 11.9. The number of hydrogen-bond donors (Lipinski definition) is 1. The highest BCUT2D eigenvalue weighted by molar-refractivity contribution is 9.10. The predicted molar refractivity (Wildman–Crippen MR) is 69.4 cm³/mol. The molecule has 0 aliphatic rings. The number of aryl methyl sites for hydroxylation is 1. The molecule has 2 aromatic heterocycles. The zero-order chi connectivity index (χ0) is 13.2. The molecule has 0 saturated carbocycles. The monoisotopic (exact) mass is 331 g/mol. The van der Waals surface area contributed by atoms with Gasteiger partial charge in [-0.2, -0.15) is 0 Å².